The molecule has 0 fully saturated rings. The average Bonchev–Trinajstić information content (AvgIpc) is 3.04. The number of benzene rings is 2. The highest BCUT2D eigenvalue weighted by Gasteiger charge is 2.14. The number of hydrogen-bond donors (Lipinski definition) is 1. The van der Waals surface area contributed by atoms with Gasteiger partial charge in [0.15, 0.2) is 11.6 Å². The van der Waals surface area contributed by atoms with E-state index in [1.807, 2.05) is 30.3 Å². The van der Waals surface area contributed by atoms with E-state index in [0.717, 1.165) is 5.69 Å². The highest BCUT2D eigenvalue weighted by molar-refractivity contribution is 6.37. The lowest BCUT2D eigenvalue weighted by atomic mass is 10.2. The molecule has 0 aliphatic rings. The standard InChI is InChI=1S/C17H13Cl2N3O2/c1-24-16-13(18)9-11(10-14(16)19)17(23)20-15-7-8-22(21-15)12-5-3-2-4-6-12/h2-10H,1H3,(H,20,21,23). The van der Waals surface area contributed by atoms with Crippen LogP contribution in [0.4, 0.5) is 5.82 Å². The molecule has 0 spiro atoms. The van der Waals surface area contributed by atoms with Gasteiger partial charge in [0.1, 0.15) is 0 Å². The van der Waals surface area contributed by atoms with Gasteiger partial charge in [-0.3, -0.25) is 4.79 Å². The molecule has 24 heavy (non-hydrogen) atoms. The molecule has 0 unspecified atom stereocenters. The van der Waals surface area contributed by atoms with Crippen molar-refractivity contribution in [1.29, 1.82) is 0 Å². The van der Waals surface area contributed by atoms with Crippen LogP contribution in [0.2, 0.25) is 10.0 Å². The highest BCUT2D eigenvalue weighted by atomic mass is 35.5. The number of anilines is 1. The number of amides is 1. The summed E-state index contributed by atoms with van der Waals surface area (Å²) in [7, 11) is 1.46. The van der Waals surface area contributed by atoms with Crippen LogP contribution in [0.15, 0.2) is 54.7 Å². The van der Waals surface area contributed by atoms with Crippen LogP contribution in [0.3, 0.4) is 0 Å². The SMILES string of the molecule is COc1c(Cl)cc(C(=O)Nc2ccn(-c3ccccc3)n2)cc1Cl. The second kappa shape index (κ2) is 6.95. The number of halogens is 2. The van der Waals surface area contributed by atoms with Crippen molar-refractivity contribution in [2.75, 3.05) is 12.4 Å². The first-order valence-corrected chi connectivity index (χ1v) is 7.79. The number of nitrogens with one attached hydrogen (secondary N) is 1. The number of para-hydroxylation sites is 1. The molecule has 0 radical (unpaired) electrons. The van der Waals surface area contributed by atoms with Crippen molar-refractivity contribution in [2.45, 2.75) is 0 Å². The summed E-state index contributed by atoms with van der Waals surface area (Å²) in [5, 5.41) is 7.57. The van der Waals surface area contributed by atoms with E-state index >= 15 is 0 Å². The maximum atomic E-state index is 12.3. The van der Waals surface area contributed by atoms with Crippen molar-refractivity contribution in [3.63, 3.8) is 0 Å². The lowest BCUT2D eigenvalue weighted by molar-refractivity contribution is 0.102. The first-order valence-electron chi connectivity index (χ1n) is 7.04. The first-order chi connectivity index (χ1) is 11.6. The van der Waals surface area contributed by atoms with Gasteiger partial charge in [-0.1, -0.05) is 41.4 Å². The van der Waals surface area contributed by atoms with Crippen LogP contribution in [0.25, 0.3) is 5.69 Å². The number of rotatable bonds is 4. The lowest BCUT2D eigenvalue weighted by Gasteiger charge is -2.08. The van der Waals surface area contributed by atoms with E-state index < -0.39 is 0 Å². The van der Waals surface area contributed by atoms with E-state index in [-0.39, 0.29) is 16.0 Å². The molecule has 0 bridgehead atoms. The van der Waals surface area contributed by atoms with Crippen molar-refractivity contribution in [3.8, 4) is 11.4 Å². The molecule has 3 rings (SSSR count). The maximum absolute atomic E-state index is 12.3. The van der Waals surface area contributed by atoms with E-state index in [9.17, 15) is 4.79 Å². The minimum Gasteiger partial charge on any atom is -0.494 e. The zero-order chi connectivity index (χ0) is 17.1. The van der Waals surface area contributed by atoms with Gasteiger partial charge in [-0.25, -0.2) is 4.68 Å². The minimum atomic E-state index is -0.361. The topological polar surface area (TPSA) is 56.1 Å². The molecular weight excluding hydrogens is 349 g/mol. The quantitative estimate of drug-likeness (QED) is 0.747. The lowest BCUT2D eigenvalue weighted by Crippen LogP contribution is -2.13. The van der Waals surface area contributed by atoms with Crippen LogP contribution < -0.4 is 10.1 Å². The molecule has 1 N–H and O–H groups in total. The summed E-state index contributed by atoms with van der Waals surface area (Å²) >= 11 is 12.1. The summed E-state index contributed by atoms with van der Waals surface area (Å²) in [6.07, 6.45) is 1.76. The van der Waals surface area contributed by atoms with Gasteiger partial charge < -0.3 is 10.1 Å². The second-order valence-corrected chi connectivity index (χ2v) is 5.72. The van der Waals surface area contributed by atoms with Crippen molar-refractivity contribution in [1.82, 2.24) is 9.78 Å². The van der Waals surface area contributed by atoms with Gasteiger partial charge in [-0.2, -0.15) is 5.10 Å². The third kappa shape index (κ3) is 3.37. The van der Waals surface area contributed by atoms with Crippen molar-refractivity contribution < 1.29 is 9.53 Å². The van der Waals surface area contributed by atoms with Crippen LogP contribution in [0, 0.1) is 0 Å². The van der Waals surface area contributed by atoms with Crippen LogP contribution in [-0.2, 0) is 0 Å². The Morgan fingerprint density at radius 3 is 2.42 bits per heavy atom. The third-order valence-electron chi connectivity index (χ3n) is 3.32. The number of carbonyl (C=O) groups excluding carboxylic acids is 1. The summed E-state index contributed by atoms with van der Waals surface area (Å²) in [6.45, 7) is 0. The Labute approximate surface area is 148 Å². The summed E-state index contributed by atoms with van der Waals surface area (Å²) in [5.74, 6) is 0.398. The average molecular weight is 362 g/mol. The Kier molecular flexibility index (Phi) is 4.74. The zero-order valence-electron chi connectivity index (χ0n) is 12.7. The fraction of sp³-hybridized carbons (Fsp3) is 0.0588. The molecule has 122 valence electrons. The van der Waals surface area contributed by atoms with E-state index in [2.05, 4.69) is 10.4 Å². The van der Waals surface area contributed by atoms with Gasteiger partial charge in [-0.15, -0.1) is 0 Å². The van der Waals surface area contributed by atoms with Crippen molar-refractivity contribution in [3.05, 3.63) is 70.3 Å². The van der Waals surface area contributed by atoms with Gasteiger partial charge in [0.05, 0.1) is 22.8 Å². The number of carbonyl (C=O) groups is 1. The molecule has 2 aromatic carbocycles. The van der Waals surface area contributed by atoms with Gasteiger partial charge >= 0.3 is 0 Å². The number of methoxy groups -OCH3 is 1. The smallest absolute Gasteiger partial charge is 0.256 e. The third-order valence-corrected chi connectivity index (χ3v) is 3.88. The van der Waals surface area contributed by atoms with Crippen molar-refractivity contribution in [2.24, 2.45) is 0 Å². The van der Waals surface area contributed by atoms with E-state index in [1.54, 1.807) is 16.9 Å². The maximum Gasteiger partial charge on any atom is 0.256 e. The van der Waals surface area contributed by atoms with E-state index in [0.29, 0.717) is 17.1 Å². The van der Waals surface area contributed by atoms with E-state index in [4.69, 9.17) is 27.9 Å². The molecule has 0 saturated heterocycles. The number of nitrogens with zero attached hydrogens (tertiary/aromatic N) is 2. The minimum absolute atomic E-state index is 0.268. The first kappa shape index (κ1) is 16.4. The zero-order valence-corrected chi connectivity index (χ0v) is 14.2. The molecule has 1 heterocycles. The fourth-order valence-electron chi connectivity index (χ4n) is 2.19. The van der Waals surface area contributed by atoms with Crippen LogP contribution >= 0.6 is 23.2 Å². The molecule has 0 saturated carbocycles. The molecular formula is C17H13Cl2N3O2. The van der Waals surface area contributed by atoms with E-state index in [1.165, 1.54) is 19.2 Å². The molecule has 3 aromatic rings. The van der Waals surface area contributed by atoms with Crippen LogP contribution in [-0.4, -0.2) is 22.8 Å². The highest BCUT2D eigenvalue weighted by Crippen LogP contribution is 2.33. The Morgan fingerprint density at radius 1 is 1.12 bits per heavy atom. The molecule has 0 atom stereocenters. The van der Waals surface area contributed by atoms with Crippen molar-refractivity contribution >= 4 is 34.9 Å². The Bertz CT molecular complexity index is 856. The van der Waals surface area contributed by atoms with Gasteiger partial charge in [0, 0.05) is 17.8 Å². The molecule has 7 heteroatoms. The fourth-order valence-corrected chi connectivity index (χ4v) is 2.83. The Morgan fingerprint density at radius 2 is 1.79 bits per heavy atom. The predicted molar refractivity (Wildman–Crippen MR) is 94.5 cm³/mol. The molecule has 1 amide bonds. The summed E-state index contributed by atoms with van der Waals surface area (Å²) in [6, 6.07) is 14.3. The predicted octanol–water partition coefficient (Wildman–Crippen LogP) is 4.44. The number of ether oxygens (including phenoxy) is 1. The second-order valence-electron chi connectivity index (χ2n) is 4.91. The Balaban J connectivity index is 1.80. The van der Waals surface area contributed by atoms with Crippen LogP contribution in [0.5, 0.6) is 5.75 Å². The largest absolute Gasteiger partial charge is 0.494 e. The normalized spacial score (nSPS) is 10.5. The summed E-state index contributed by atoms with van der Waals surface area (Å²) < 4.78 is 6.74. The van der Waals surface area contributed by atoms with Crippen LogP contribution in [0.1, 0.15) is 10.4 Å². The number of hydrogen-bond acceptors (Lipinski definition) is 3. The summed E-state index contributed by atoms with van der Waals surface area (Å²) in [5.41, 5.74) is 1.22. The van der Waals surface area contributed by atoms with Gasteiger partial charge in [0.25, 0.3) is 5.91 Å². The number of aromatic nitrogens is 2. The Hall–Kier alpha value is -2.50. The molecule has 0 aliphatic heterocycles. The summed E-state index contributed by atoms with van der Waals surface area (Å²) in [4.78, 5) is 12.3. The molecule has 0 aliphatic carbocycles. The molecule has 5 nitrogen and oxygen atoms in total. The monoisotopic (exact) mass is 361 g/mol. The molecule has 1 aromatic heterocycles. The van der Waals surface area contributed by atoms with Gasteiger partial charge in [-0.05, 0) is 24.3 Å². The van der Waals surface area contributed by atoms with Gasteiger partial charge in [0.2, 0.25) is 0 Å².